The van der Waals surface area contributed by atoms with Gasteiger partial charge < -0.3 is 14.8 Å². The van der Waals surface area contributed by atoms with E-state index in [1.165, 1.54) is 6.20 Å². The third kappa shape index (κ3) is 3.58. The van der Waals surface area contributed by atoms with Gasteiger partial charge in [0.1, 0.15) is 6.10 Å². The molecule has 1 aliphatic rings. The van der Waals surface area contributed by atoms with E-state index in [2.05, 4.69) is 10.3 Å². The molecule has 1 aromatic carbocycles. The molecule has 1 fully saturated rings. The van der Waals surface area contributed by atoms with Crippen LogP contribution in [-0.4, -0.2) is 30.2 Å². The number of para-hydroxylation sites is 1. The molecule has 0 aliphatic carbocycles. The van der Waals surface area contributed by atoms with Gasteiger partial charge in [-0.15, -0.1) is 0 Å². The van der Waals surface area contributed by atoms with Gasteiger partial charge in [-0.2, -0.15) is 0 Å². The summed E-state index contributed by atoms with van der Waals surface area (Å²) in [6, 6.07) is 12.7. The summed E-state index contributed by atoms with van der Waals surface area (Å²) in [5, 5.41) is 2.81. The highest BCUT2D eigenvalue weighted by Gasteiger charge is 2.17. The summed E-state index contributed by atoms with van der Waals surface area (Å²) in [5.41, 5.74) is 1.25. The molecule has 0 bridgehead atoms. The molecular formula is C16H16N2O3. The number of aromatic nitrogens is 1. The van der Waals surface area contributed by atoms with Crippen molar-refractivity contribution in [3.8, 4) is 5.88 Å². The van der Waals surface area contributed by atoms with Crippen molar-refractivity contribution < 1.29 is 14.3 Å². The Hall–Kier alpha value is -2.40. The third-order valence-corrected chi connectivity index (χ3v) is 3.21. The Kier molecular flexibility index (Phi) is 4.12. The molecule has 3 rings (SSSR count). The molecule has 1 unspecified atom stereocenters. The minimum absolute atomic E-state index is 0.0569. The SMILES string of the molecule is O=C(Nc1ccccc1)c1ccc(OC2CCOC2)nc1. The monoisotopic (exact) mass is 284 g/mol. The van der Waals surface area contributed by atoms with E-state index >= 15 is 0 Å². The Morgan fingerprint density at radius 2 is 2.10 bits per heavy atom. The highest BCUT2D eigenvalue weighted by Crippen LogP contribution is 2.15. The molecule has 1 saturated heterocycles. The summed E-state index contributed by atoms with van der Waals surface area (Å²) in [5.74, 6) is 0.325. The minimum Gasteiger partial charge on any atom is -0.472 e. The Balaban J connectivity index is 1.62. The lowest BCUT2D eigenvalue weighted by Crippen LogP contribution is -2.17. The Labute approximate surface area is 122 Å². The van der Waals surface area contributed by atoms with E-state index in [-0.39, 0.29) is 12.0 Å². The molecular weight excluding hydrogens is 268 g/mol. The zero-order valence-electron chi connectivity index (χ0n) is 11.5. The van der Waals surface area contributed by atoms with Gasteiger partial charge in [0, 0.05) is 24.4 Å². The van der Waals surface area contributed by atoms with Gasteiger partial charge in [0.25, 0.3) is 5.91 Å². The lowest BCUT2D eigenvalue weighted by Gasteiger charge is -2.11. The topological polar surface area (TPSA) is 60.5 Å². The molecule has 0 spiro atoms. The molecule has 0 saturated carbocycles. The number of benzene rings is 1. The quantitative estimate of drug-likeness (QED) is 0.937. The summed E-state index contributed by atoms with van der Waals surface area (Å²) in [6.07, 6.45) is 2.45. The van der Waals surface area contributed by atoms with Crippen molar-refractivity contribution in [1.82, 2.24) is 4.98 Å². The van der Waals surface area contributed by atoms with Gasteiger partial charge in [-0.25, -0.2) is 4.98 Å². The third-order valence-electron chi connectivity index (χ3n) is 3.21. The zero-order chi connectivity index (χ0) is 14.5. The van der Waals surface area contributed by atoms with Crippen molar-refractivity contribution in [3.05, 3.63) is 54.2 Å². The largest absolute Gasteiger partial charge is 0.472 e. The zero-order valence-corrected chi connectivity index (χ0v) is 11.5. The predicted octanol–water partition coefficient (Wildman–Crippen LogP) is 2.50. The van der Waals surface area contributed by atoms with Crippen molar-refractivity contribution in [1.29, 1.82) is 0 Å². The Morgan fingerprint density at radius 3 is 2.76 bits per heavy atom. The molecule has 21 heavy (non-hydrogen) atoms. The smallest absolute Gasteiger partial charge is 0.257 e. The number of hydrogen-bond acceptors (Lipinski definition) is 4. The van der Waals surface area contributed by atoms with Gasteiger partial charge >= 0.3 is 0 Å². The summed E-state index contributed by atoms with van der Waals surface area (Å²) >= 11 is 0. The molecule has 5 nitrogen and oxygen atoms in total. The number of ether oxygens (including phenoxy) is 2. The van der Waals surface area contributed by atoms with E-state index in [1.807, 2.05) is 30.3 Å². The number of amides is 1. The van der Waals surface area contributed by atoms with Crippen molar-refractivity contribution >= 4 is 11.6 Å². The molecule has 1 aromatic heterocycles. The van der Waals surface area contributed by atoms with Gasteiger partial charge in [-0.05, 0) is 18.2 Å². The van der Waals surface area contributed by atoms with E-state index in [0.717, 1.165) is 18.7 Å². The average molecular weight is 284 g/mol. The second-order valence-corrected chi connectivity index (χ2v) is 4.81. The maximum absolute atomic E-state index is 12.1. The second kappa shape index (κ2) is 6.37. The fraction of sp³-hybridized carbons (Fsp3) is 0.250. The van der Waals surface area contributed by atoms with Gasteiger partial charge in [-0.1, -0.05) is 18.2 Å². The average Bonchev–Trinajstić information content (AvgIpc) is 3.02. The highest BCUT2D eigenvalue weighted by molar-refractivity contribution is 6.04. The molecule has 1 aliphatic heterocycles. The molecule has 0 radical (unpaired) electrons. The van der Waals surface area contributed by atoms with Crippen LogP contribution < -0.4 is 10.1 Å². The normalized spacial score (nSPS) is 17.4. The first kappa shape index (κ1) is 13.6. The van der Waals surface area contributed by atoms with E-state index < -0.39 is 0 Å². The van der Waals surface area contributed by atoms with Crippen LogP contribution in [0.1, 0.15) is 16.8 Å². The van der Waals surface area contributed by atoms with Crippen LogP contribution in [0.25, 0.3) is 0 Å². The van der Waals surface area contributed by atoms with Crippen LogP contribution in [0.2, 0.25) is 0 Å². The Morgan fingerprint density at radius 1 is 1.24 bits per heavy atom. The first-order valence-electron chi connectivity index (χ1n) is 6.88. The summed E-state index contributed by atoms with van der Waals surface area (Å²) < 4.78 is 10.9. The first-order valence-corrected chi connectivity index (χ1v) is 6.88. The van der Waals surface area contributed by atoms with Crippen molar-refractivity contribution in [2.24, 2.45) is 0 Å². The number of anilines is 1. The minimum atomic E-state index is -0.190. The van der Waals surface area contributed by atoms with Crippen LogP contribution in [0.3, 0.4) is 0 Å². The number of hydrogen-bond donors (Lipinski definition) is 1. The number of carbonyl (C=O) groups is 1. The van der Waals surface area contributed by atoms with Crippen LogP contribution in [-0.2, 0) is 4.74 Å². The summed E-state index contributed by atoms with van der Waals surface area (Å²) in [6.45, 7) is 1.32. The highest BCUT2D eigenvalue weighted by atomic mass is 16.5. The van der Waals surface area contributed by atoms with Crippen LogP contribution >= 0.6 is 0 Å². The molecule has 1 N–H and O–H groups in total. The maximum Gasteiger partial charge on any atom is 0.257 e. The van der Waals surface area contributed by atoms with Crippen LogP contribution in [0.5, 0.6) is 5.88 Å². The molecule has 5 heteroatoms. The number of nitrogens with one attached hydrogen (secondary N) is 1. The first-order chi connectivity index (χ1) is 10.3. The maximum atomic E-state index is 12.1. The van der Waals surface area contributed by atoms with Gasteiger partial charge in [0.15, 0.2) is 0 Å². The van der Waals surface area contributed by atoms with Crippen LogP contribution in [0, 0.1) is 0 Å². The number of nitrogens with zero attached hydrogens (tertiary/aromatic N) is 1. The van der Waals surface area contributed by atoms with Crippen LogP contribution in [0.4, 0.5) is 5.69 Å². The van der Waals surface area contributed by atoms with E-state index in [1.54, 1.807) is 12.1 Å². The van der Waals surface area contributed by atoms with E-state index in [4.69, 9.17) is 9.47 Å². The van der Waals surface area contributed by atoms with Gasteiger partial charge in [0.05, 0.1) is 18.8 Å². The lowest BCUT2D eigenvalue weighted by molar-refractivity contribution is 0.102. The fourth-order valence-electron chi connectivity index (χ4n) is 2.09. The molecule has 2 aromatic rings. The van der Waals surface area contributed by atoms with Crippen molar-refractivity contribution in [2.45, 2.75) is 12.5 Å². The number of rotatable bonds is 4. The molecule has 1 atom stereocenters. The molecule has 108 valence electrons. The van der Waals surface area contributed by atoms with E-state index in [9.17, 15) is 4.79 Å². The second-order valence-electron chi connectivity index (χ2n) is 4.81. The van der Waals surface area contributed by atoms with Crippen molar-refractivity contribution in [2.75, 3.05) is 18.5 Å². The standard InChI is InChI=1S/C16H16N2O3/c19-16(18-13-4-2-1-3-5-13)12-6-7-15(17-10-12)21-14-8-9-20-11-14/h1-7,10,14H,8-9,11H2,(H,18,19). The van der Waals surface area contributed by atoms with Gasteiger partial charge in [-0.3, -0.25) is 4.79 Å². The Bertz CT molecular complexity index is 593. The van der Waals surface area contributed by atoms with Gasteiger partial charge in [0.2, 0.25) is 5.88 Å². The van der Waals surface area contributed by atoms with E-state index in [0.29, 0.717) is 18.1 Å². The lowest BCUT2D eigenvalue weighted by atomic mass is 10.2. The molecule has 2 heterocycles. The predicted molar refractivity (Wildman–Crippen MR) is 78.5 cm³/mol. The fourth-order valence-corrected chi connectivity index (χ4v) is 2.09. The number of carbonyl (C=O) groups excluding carboxylic acids is 1. The number of pyridine rings is 1. The molecule has 1 amide bonds. The van der Waals surface area contributed by atoms with Crippen molar-refractivity contribution in [3.63, 3.8) is 0 Å². The summed E-state index contributed by atoms with van der Waals surface area (Å²) in [7, 11) is 0. The van der Waals surface area contributed by atoms with Crippen LogP contribution in [0.15, 0.2) is 48.7 Å². The summed E-state index contributed by atoms with van der Waals surface area (Å²) in [4.78, 5) is 16.2.